The molecular weight excluding hydrogens is 426 g/mol. The SMILES string of the molecule is COc1cc(C(=O)NCC(NS(=O)(=O)c2ccccc2)C(=O)O)ccc1OCCCN. The Morgan fingerprint density at radius 3 is 2.45 bits per heavy atom. The molecule has 0 fully saturated rings. The third-order valence-corrected chi connectivity index (χ3v) is 5.64. The summed E-state index contributed by atoms with van der Waals surface area (Å²) in [6, 6.07) is 10.3. The summed E-state index contributed by atoms with van der Waals surface area (Å²) in [7, 11) is -2.65. The number of hydrogen-bond donors (Lipinski definition) is 4. The van der Waals surface area contributed by atoms with E-state index in [1.165, 1.54) is 43.5 Å². The highest BCUT2D eigenvalue weighted by Crippen LogP contribution is 2.28. The zero-order valence-corrected chi connectivity index (χ0v) is 17.7. The number of carboxylic acids is 1. The molecule has 0 radical (unpaired) electrons. The van der Waals surface area contributed by atoms with Gasteiger partial charge >= 0.3 is 5.97 Å². The van der Waals surface area contributed by atoms with Crippen LogP contribution >= 0.6 is 0 Å². The predicted molar refractivity (Wildman–Crippen MR) is 113 cm³/mol. The Kier molecular flexibility index (Phi) is 8.79. The van der Waals surface area contributed by atoms with Crippen LogP contribution in [0.15, 0.2) is 53.4 Å². The molecule has 0 aliphatic heterocycles. The molecule has 0 spiro atoms. The summed E-state index contributed by atoms with van der Waals surface area (Å²) in [5, 5.41) is 11.8. The molecule has 2 aromatic rings. The molecule has 0 aliphatic rings. The summed E-state index contributed by atoms with van der Waals surface area (Å²) < 4.78 is 37.6. The minimum absolute atomic E-state index is 0.0810. The van der Waals surface area contributed by atoms with E-state index < -0.39 is 34.5 Å². The highest BCUT2D eigenvalue weighted by atomic mass is 32.2. The van der Waals surface area contributed by atoms with Crippen molar-refractivity contribution in [2.75, 3.05) is 26.8 Å². The predicted octanol–water partition coefficient (Wildman–Crippen LogP) is 0.584. The Balaban J connectivity index is 2.05. The first-order chi connectivity index (χ1) is 14.8. The summed E-state index contributed by atoms with van der Waals surface area (Å²) >= 11 is 0. The average Bonchev–Trinajstić information content (AvgIpc) is 2.77. The summed E-state index contributed by atoms with van der Waals surface area (Å²) in [4.78, 5) is 23.9. The first-order valence-electron chi connectivity index (χ1n) is 9.37. The number of carbonyl (C=O) groups excluding carboxylic acids is 1. The molecule has 5 N–H and O–H groups in total. The fourth-order valence-electron chi connectivity index (χ4n) is 2.52. The van der Waals surface area contributed by atoms with Crippen LogP contribution in [0.2, 0.25) is 0 Å². The Hall–Kier alpha value is -3.15. The first kappa shape index (κ1) is 24.1. The second-order valence-corrected chi connectivity index (χ2v) is 8.11. The lowest BCUT2D eigenvalue weighted by Crippen LogP contribution is -2.48. The monoisotopic (exact) mass is 451 g/mol. The molecule has 0 saturated carbocycles. The number of methoxy groups -OCH3 is 1. The molecule has 1 amide bonds. The van der Waals surface area contributed by atoms with Gasteiger partial charge in [0.2, 0.25) is 10.0 Å². The minimum Gasteiger partial charge on any atom is -0.493 e. The molecule has 0 aliphatic carbocycles. The molecule has 0 bridgehead atoms. The van der Waals surface area contributed by atoms with Crippen molar-refractivity contribution in [1.29, 1.82) is 0 Å². The van der Waals surface area contributed by atoms with E-state index in [1.54, 1.807) is 12.1 Å². The molecule has 1 atom stereocenters. The zero-order valence-electron chi connectivity index (χ0n) is 16.9. The lowest BCUT2D eigenvalue weighted by Gasteiger charge is -2.16. The Labute approximate surface area is 180 Å². The minimum atomic E-state index is -4.07. The second-order valence-electron chi connectivity index (χ2n) is 6.39. The van der Waals surface area contributed by atoms with Crippen LogP contribution in [-0.4, -0.2) is 58.2 Å². The molecule has 11 heteroatoms. The maximum Gasteiger partial charge on any atom is 0.323 e. The Bertz CT molecular complexity index is 997. The number of carbonyl (C=O) groups is 2. The van der Waals surface area contributed by atoms with E-state index in [4.69, 9.17) is 15.2 Å². The second kappa shape index (κ2) is 11.3. The smallest absolute Gasteiger partial charge is 0.323 e. The van der Waals surface area contributed by atoms with Gasteiger partial charge in [0, 0.05) is 12.1 Å². The molecule has 0 heterocycles. The highest BCUT2D eigenvalue weighted by Gasteiger charge is 2.26. The van der Waals surface area contributed by atoms with Crippen molar-refractivity contribution < 1.29 is 32.6 Å². The van der Waals surface area contributed by atoms with E-state index in [0.29, 0.717) is 31.1 Å². The largest absolute Gasteiger partial charge is 0.493 e. The van der Waals surface area contributed by atoms with Gasteiger partial charge in [-0.2, -0.15) is 4.72 Å². The van der Waals surface area contributed by atoms with Gasteiger partial charge in [0.25, 0.3) is 5.91 Å². The molecular formula is C20H25N3O7S. The van der Waals surface area contributed by atoms with Crippen LogP contribution in [0.3, 0.4) is 0 Å². The number of rotatable bonds is 12. The van der Waals surface area contributed by atoms with Gasteiger partial charge in [-0.15, -0.1) is 0 Å². The van der Waals surface area contributed by atoms with Crippen LogP contribution in [-0.2, 0) is 14.8 Å². The van der Waals surface area contributed by atoms with Crippen LogP contribution in [0.25, 0.3) is 0 Å². The summed E-state index contributed by atoms with van der Waals surface area (Å²) in [5.74, 6) is -1.27. The third-order valence-electron chi connectivity index (χ3n) is 4.15. The van der Waals surface area contributed by atoms with Crippen LogP contribution in [0, 0.1) is 0 Å². The van der Waals surface area contributed by atoms with Crippen molar-refractivity contribution >= 4 is 21.9 Å². The average molecular weight is 452 g/mol. The maximum atomic E-state index is 12.5. The molecule has 1 unspecified atom stereocenters. The fraction of sp³-hybridized carbons (Fsp3) is 0.300. The Morgan fingerprint density at radius 2 is 1.84 bits per heavy atom. The van der Waals surface area contributed by atoms with Gasteiger partial charge in [0.05, 0.1) is 18.6 Å². The topological polar surface area (TPSA) is 157 Å². The van der Waals surface area contributed by atoms with E-state index in [-0.39, 0.29) is 10.5 Å². The zero-order chi connectivity index (χ0) is 22.9. The van der Waals surface area contributed by atoms with E-state index in [9.17, 15) is 23.1 Å². The van der Waals surface area contributed by atoms with Gasteiger partial charge in [-0.05, 0) is 43.3 Å². The fourth-order valence-corrected chi connectivity index (χ4v) is 3.73. The van der Waals surface area contributed by atoms with Crippen molar-refractivity contribution in [3.05, 3.63) is 54.1 Å². The van der Waals surface area contributed by atoms with Gasteiger partial charge in [0.1, 0.15) is 6.04 Å². The van der Waals surface area contributed by atoms with Crippen molar-refractivity contribution in [2.45, 2.75) is 17.4 Å². The van der Waals surface area contributed by atoms with Crippen LogP contribution in [0.5, 0.6) is 11.5 Å². The lowest BCUT2D eigenvalue weighted by atomic mass is 10.2. The number of hydrogen-bond acceptors (Lipinski definition) is 7. The van der Waals surface area contributed by atoms with Crippen LogP contribution < -0.4 is 25.2 Å². The maximum absolute atomic E-state index is 12.5. The number of sulfonamides is 1. The molecule has 2 aromatic carbocycles. The van der Waals surface area contributed by atoms with E-state index in [2.05, 4.69) is 10.0 Å². The van der Waals surface area contributed by atoms with Gasteiger partial charge < -0.3 is 25.6 Å². The van der Waals surface area contributed by atoms with E-state index >= 15 is 0 Å². The Morgan fingerprint density at radius 1 is 1.13 bits per heavy atom. The quantitative estimate of drug-likeness (QED) is 0.341. The summed E-state index contributed by atoms with van der Waals surface area (Å²) in [6.45, 7) is 0.402. The number of aliphatic carboxylic acids is 1. The molecule has 0 saturated heterocycles. The summed E-state index contributed by atoms with van der Waals surface area (Å²) in [6.07, 6.45) is 0.654. The lowest BCUT2D eigenvalue weighted by molar-refractivity contribution is -0.138. The molecule has 2 rings (SSSR count). The van der Waals surface area contributed by atoms with Crippen molar-refractivity contribution in [3.63, 3.8) is 0 Å². The number of nitrogens with one attached hydrogen (secondary N) is 2. The van der Waals surface area contributed by atoms with Crippen molar-refractivity contribution in [2.24, 2.45) is 5.73 Å². The van der Waals surface area contributed by atoms with Gasteiger partial charge in [-0.1, -0.05) is 18.2 Å². The van der Waals surface area contributed by atoms with Gasteiger partial charge in [-0.25, -0.2) is 8.42 Å². The van der Waals surface area contributed by atoms with Crippen LogP contribution in [0.1, 0.15) is 16.8 Å². The number of ether oxygens (including phenoxy) is 2. The number of amides is 1. The standard InChI is InChI=1S/C20H25N3O7S/c1-29-18-12-14(8-9-17(18)30-11-5-10-21)19(24)22-13-16(20(25)26)23-31(27,28)15-6-3-2-4-7-15/h2-4,6-9,12,16,23H,5,10-11,13,21H2,1H3,(H,22,24)(H,25,26). The third kappa shape index (κ3) is 6.95. The normalized spacial score (nSPS) is 12.1. The van der Waals surface area contributed by atoms with E-state index in [1.807, 2.05) is 0 Å². The molecule has 0 aromatic heterocycles. The molecule has 10 nitrogen and oxygen atoms in total. The molecule has 168 valence electrons. The number of carboxylic acid groups (broad SMARTS) is 1. The molecule has 31 heavy (non-hydrogen) atoms. The highest BCUT2D eigenvalue weighted by molar-refractivity contribution is 7.89. The van der Waals surface area contributed by atoms with Gasteiger partial charge in [0.15, 0.2) is 11.5 Å². The van der Waals surface area contributed by atoms with Crippen LogP contribution in [0.4, 0.5) is 0 Å². The number of nitrogens with two attached hydrogens (primary N) is 1. The van der Waals surface area contributed by atoms with E-state index in [0.717, 1.165) is 0 Å². The van der Waals surface area contributed by atoms with Gasteiger partial charge in [-0.3, -0.25) is 9.59 Å². The van der Waals surface area contributed by atoms with Crippen molar-refractivity contribution in [1.82, 2.24) is 10.0 Å². The first-order valence-corrected chi connectivity index (χ1v) is 10.9. The number of benzene rings is 2. The summed E-state index contributed by atoms with van der Waals surface area (Å²) in [5.41, 5.74) is 5.62. The van der Waals surface area contributed by atoms with Crippen molar-refractivity contribution in [3.8, 4) is 11.5 Å².